The summed E-state index contributed by atoms with van der Waals surface area (Å²) in [5, 5.41) is 10.3. The number of rotatable bonds is 12. The lowest BCUT2D eigenvalue weighted by atomic mass is 9.98. The Balaban J connectivity index is 1.42. The molecule has 11 heteroatoms. The Kier molecular flexibility index (Phi) is 8.48. The summed E-state index contributed by atoms with van der Waals surface area (Å²) in [4.78, 5) is 18.6. The predicted molar refractivity (Wildman–Crippen MR) is 158 cm³/mol. The zero-order chi connectivity index (χ0) is 30.2. The third-order valence-electron chi connectivity index (χ3n) is 8.16. The highest BCUT2D eigenvalue weighted by Crippen LogP contribution is 2.38. The average Bonchev–Trinajstić information content (AvgIpc) is 3.51. The molecule has 1 amide bonds. The zero-order valence-corrected chi connectivity index (χ0v) is 25.5. The number of ether oxygens (including phenoxy) is 1. The number of sulfonamides is 1. The summed E-state index contributed by atoms with van der Waals surface area (Å²) in [7, 11) is -2.31. The maximum Gasteiger partial charge on any atom is 0.270 e. The lowest BCUT2D eigenvalue weighted by Gasteiger charge is -2.27. The third kappa shape index (κ3) is 6.70. The van der Waals surface area contributed by atoms with E-state index < -0.39 is 27.4 Å². The van der Waals surface area contributed by atoms with E-state index in [0.29, 0.717) is 29.8 Å². The normalized spacial score (nSPS) is 20.2. The molecule has 1 aromatic heterocycles. The standard InChI is InChI=1S/C31H40N4O6S/c1-20-13-26(40-4)14-21(2)28(20)42(38,39)35(25-9-10-25)17-24(30-33-27(18-41-30)29(32)36)15-22-5-7-23(8-6-22)16-34-12-11-31(3,37)19-34/h5-8,13-14,18,24-25,37H,9-12,15-17,19H2,1-4H3,(H2,32,36). The van der Waals surface area contributed by atoms with Crippen molar-refractivity contribution < 1.29 is 27.5 Å². The molecule has 2 aliphatic rings. The fourth-order valence-corrected chi connectivity index (χ4v) is 8.04. The van der Waals surface area contributed by atoms with E-state index in [4.69, 9.17) is 14.9 Å². The van der Waals surface area contributed by atoms with Gasteiger partial charge in [-0.2, -0.15) is 4.31 Å². The summed E-state index contributed by atoms with van der Waals surface area (Å²) < 4.78 is 41.0. The van der Waals surface area contributed by atoms with Crippen LogP contribution in [0.5, 0.6) is 5.75 Å². The number of oxazole rings is 1. The highest BCUT2D eigenvalue weighted by molar-refractivity contribution is 7.89. The van der Waals surface area contributed by atoms with Crippen LogP contribution in [-0.2, 0) is 23.0 Å². The van der Waals surface area contributed by atoms with Gasteiger partial charge >= 0.3 is 0 Å². The molecule has 2 aromatic carbocycles. The van der Waals surface area contributed by atoms with Crippen LogP contribution in [0, 0.1) is 13.8 Å². The Morgan fingerprint density at radius 1 is 1.21 bits per heavy atom. The first-order chi connectivity index (χ1) is 19.9. The van der Waals surface area contributed by atoms with E-state index in [1.807, 2.05) is 19.1 Å². The lowest BCUT2D eigenvalue weighted by Crippen LogP contribution is -2.38. The molecule has 2 heterocycles. The van der Waals surface area contributed by atoms with E-state index in [1.165, 1.54) is 6.26 Å². The number of carbonyl (C=O) groups excluding carboxylic acids is 1. The Morgan fingerprint density at radius 3 is 2.38 bits per heavy atom. The molecule has 1 saturated heterocycles. The summed E-state index contributed by atoms with van der Waals surface area (Å²) in [5.41, 5.74) is 8.17. The van der Waals surface area contributed by atoms with Crippen LogP contribution in [0.4, 0.5) is 0 Å². The number of β-amino-alcohol motifs (C(OH)–C–C–N with tert-alkyl or cyclic N) is 1. The summed E-state index contributed by atoms with van der Waals surface area (Å²) >= 11 is 0. The number of likely N-dealkylation sites (tertiary alicyclic amines) is 1. The number of amides is 1. The summed E-state index contributed by atoms with van der Waals surface area (Å²) in [6.07, 6.45) is 3.99. The molecule has 5 rings (SSSR count). The fraction of sp³-hybridized carbons (Fsp3) is 0.484. The van der Waals surface area contributed by atoms with Gasteiger partial charge in [0.1, 0.15) is 12.0 Å². The van der Waals surface area contributed by atoms with Gasteiger partial charge in [0.25, 0.3) is 5.91 Å². The Hall–Kier alpha value is -3.25. The van der Waals surface area contributed by atoms with Gasteiger partial charge in [-0.15, -0.1) is 0 Å². The van der Waals surface area contributed by atoms with Crippen molar-refractivity contribution in [2.45, 2.75) is 75.5 Å². The number of carbonyl (C=O) groups is 1. The Morgan fingerprint density at radius 2 is 1.86 bits per heavy atom. The molecular weight excluding hydrogens is 556 g/mol. The number of aromatic nitrogens is 1. The van der Waals surface area contributed by atoms with E-state index in [-0.39, 0.29) is 29.1 Å². The largest absolute Gasteiger partial charge is 0.497 e. The molecule has 2 atom stereocenters. The maximum absolute atomic E-state index is 14.2. The van der Waals surface area contributed by atoms with Crippen LogP contribution in [0.1, 0.15) is 70.7 Å². The minimum Gasteiger partial charge on any atom is -0.497 e. The molecule has 0 spiro atoms. The minimum absolute atomic E-state index is 0.00881. The lowest BCUT2D eigenvalue weighted by molar-refractivity contribution is 0.0679. The second-order valence-corrected chi connectivity index (χ2v) is 13.8. The van der Waals surface area contributed by atoms with Crippen LogP contribution in [0.25, 0.3) is 0 Å². The predicted octanol–water partition coefficient (Wildman–Crippen LogP) is 3.54. The first-order valence-corrected chi connectivity index (χ1v) is 15.7. The van der Waals surface area contributed by atoms with Crippen molar-refractivity contribution in [2.24, 2.45) is 5.73 Å². The highest BCUT2D eigenvalue weighted by atomic mass is 32.2. The van der Waals surface area contributed by atoms with Gasteiger partial charge in [0.15, 0.2) is 11.6 Å². The zero-order valence-electron chi connectivity index (χ0n) is 24.7. The second-order valence-electron chi connectivity index (χ2n) is 12.0. The molecule has 3 N–H and O–H groups in total. The SMILES string of the molecule is COc1cc(C)c(S(=O)(=O)N(CC(Cc2ccc(CN3CCC(C)(O)C3)cc2)c2nc(C(N)=O)co2)C2CC2)c(C)c1. The van der Waals surface area contributed by atoms with Crippen molar-refractivity contribution in [3.8, 4) is 5.75 Å². The van der Waals surface area contributed by atoms with E-state index >= 15 is 0 Å². The van der Waals surface area contributed by atoms with Crippen LogP contribution < -0.4 is 10.5 Å². The Bertz CT molecular complexity index is 1520. The first kappa shape index (κ1) is 30.2. The van der Waals surface area contributed by atoms with E-state index in [9.17, 15) is 18.3 Å². The van der Waals surface area contributed by atoms with Crippen LogP contribution in [0.2, 0.25) is 0 Å². The quantitative estimate of drug-likeness (QED) is 0.324. The molecule has 3 aromatic rings. The molecule has 10 nitrogen and oxygen atoms in total. The van der Waals surface area contributed by atoms with Crippen molar-refractivity contribution in [3.63, 3.8) is 0 Å². The van der Waals surface area contributed by atoms with Gasteiger partial charge in [0.2, 0.25) is 10.0 Å². The van der Waals surface area contributed by atoms with E-state index in [2.05, 4.69) is 22.0 Å². The molecule has 0 radical (unpaired) electrons. The van der Waals surface area contributed by atoms with Gasteiger partial charge in [-0.3, -0.25) is 9.69 Å². The number of methoxy groups -OCH3 is 1. The van der Waals surface area contributed by atoms with Crippen molar-refractivity contribution in [1.29, 1.82) is 0 Å². The molecule has 42 heavy (non-hydrogen) atoms. The Labute approximate surface area is 247 Å². The number of aliphatic hydroxyl groups is 1. The van der Waals surface area contributed by atoms with Gasteiger partial charge in [0, 0.05) is 32.2 Å². The van der Waals surface area contributed by atoms with Crippen molar-refractivity contribution in [3.05, 3.63) is 76.5 Å². The van der Waals surface area contributed by atoms with Gasteiger partial charge in [0.05, 0.1) is 23.5 Å². The molecule has 1 aliphatic carbocycles. The topological polar surface area (TPSA) is 139 Å². The van der Waals surface area contributed by atoms with Gasteiger partial charge < -0.3 is 20.0 Å². The maximum atomic E-state index is 14.2. The van der Waals surface area contributed by atoms with Gasteiger partial charge in [-0.25, -0.2) is 13.4 Å². The second kappa shape index (κ2) is 11.8. The highest BCUT2D eigenvalue weighted by Gasteiger charge is 2.41. The molecule has 1 aliphatic heterocycles. The molecule has 0 bridgehead atoms. The number of benzene rings is 2. The summed E-state index contributed by atoms with van der Waals surface area (Å²) in [6.45, 7) is 7.80. The minimum atomic E-state index is -3.87. The van der Waals surface area contributed by atoms with E-state index in [1.54, 1.807) is 37.4 Å². The molecule has 226 valence electrons. The number of nitrogens with zero attached hydrogens (tertiary/aromatic N) is 3. The molecule has 2 unspecified atom stereocenters. The van der Waals surface area contributed by atoms with Gasteiger partial charge in [-0.05, 0) is 80.8 Å². The number of aryl methyl sites for hydroxylation is 2. The fourth-order valence-electron chi connectivity index (χ4n) is 5.89. The number of hydrogen-bond acceptors (Lipinski definition) is 8. The molecular formula is C31H40N4O6S. The average molecular weight is 597 g/mol. The van der Waals surface area contributed by atoms with Crippen molar-refractivity contribution >= 4 is 15.9 Å². The number of primary amides is 1. The van der Waals surface area contributed by atoms with Crippen LogP contribution in [0.15, 0.2) is 52.0 Å². The summed E-state index contributed by atoms with van der Waals surface area (Å²) in [5.74, 6) is -0.273. The van der Waals surface area contributed by atoms with Crippen LogP contribution >= 0.6 is 0 Å². The third-order valence-corrected chi connectivity index (χ3v) is 10.4. The van der Waals surface area contributed by atoms with Gasteiger partial charge in [-0.1, -0.05) is 24.3 Å². The first-order valence-electron chi connectivity index (χ1n) is 14.3. The van der Waals surface area contributed by atoms with E-state index in [0.717, 1.165) is 43.5 Å². The molecule has 1 saturated carbocycles. The molecule has 2 fully saturated rings. The number of nitrogens with two attached hydrogens (primary N) is 1. The van der Waals surface area contributed by atoms with Crippen molar-refractivity contribution in [2.75, 3.05) is 26.7 Å². The van der Waals surface area contributed by atoms with Crippen LogP contribution in [-0.4, -0.2) is 72.0 Å². The summed E-state index contributed by atoms with van der Waals surface area (Å²) in [6, 6.07) is 11.5. The monoisotopic (exact) mass is 596 g/mol. The van der Waals surface area contributed by atoms with Crippen molar-refractivity contribution in [1.82, 2.24) is 14.2 Å². The smallest absolute Gasteiger partial charge is 0.270 e. The number of hydrogen-bond donors (Lipinski definition) is 2. The van der Waals surface area contributed by atoms with Crippen LogP contribution in [0.3, 0.4) is 0 Å².